The van der Waals surface area contributed by atoms with Gasteiger partial charge in [-0.05, 0) is 36.4 Å². The summed E-state index contributed by atoms with van der Waals surface area (Å²) in [5.74, 6) is -0.297. The van der Waals surface area contributed by atoms with E-state index < -0.39 is 11.2 Å². The van der Waals surface area contributed by atoms with E-state index >= 15 is 0 Å². The Bertz CT molecular complexity index is 1380. The molecule has 32 heavy (non-hydrogen) atoms. The Hall–Kier alpha value is -3.97. The van der Waals surface area contributed by atoms with Crippen molar-refractivity contribution in [3.8, 4) is 5.75 Å². The molecule has 0 aliphatic heterocycles. The van der Waals surface area contributed by atoms with Crippen LogP contribution in [0.15, 0.2) is 78.0 Å². The van der Waals surface area contributed by atoms with E-state index in [1.807, 2.05) is 0 Å². The topological polar surface area (TPSA) is 90.3 Å². The Morgan fingerprint density at radius 1 is 1.09 bits per heavy atom. The summed E-state index contributed by atoms with van der Waals surface area (Å²) in [5.41, 5.74) is 0.800. The van der Waals surface area contributed by atoms with Crippen molar-refractivity contribution in [1.82, 2.24) is 9.55 Å². The van der Waals surface area contributed by atoms with Crippen molar-refractivity contribution in [3.05, 3.63) is 99.6 Å². The number of amides is 1. The molecule has 1 amide bonds. The minimum absolute atomic E-state index is 0.0422. The summed E-state index contributed by atoms with van der Waals surface area (Å²) in [6.45, 7) is -0.147. The Kier molecular flexibility index (Phi) is 6.00. The van der Waals surface area contributed by atoms with Gasteiger partial charge in [0, 0.05) is 35.6 Å². The van der Waals surface area contributed by atoms with Gasteiger partial charge in [-0.25, -0.2) is 0 Å². The highest BCUT2D eigenvalue weighted by Crippen LogP contribution is 2.22. The van der Waals surface area contributed by atoms with Gasteiger partial charge in [-0.2, -0.15) is 0 Å². The monoisotopic (exact) mass is 447 g/mol. The highest BCUT2D eigenvalue weighted by Gasteiger charge is 2.19. The van der Waals surface area contributed by atoms with Crippen LogP contribution in [0, 0.1) is 0 Å². The number of carbonyl (C=O) groups is 2. The summed E-state index contributed by atoms with van der Waals surface area (Å²) in [5, 5.41) is 3.46. The van der Waals surface area contributed by atoms with Gasteiger partial charge in [0.25, 0.3) is 0 Å². The molecule has 8 heteroatoms. The number of hydrogen-bond donors (Lipinski definition) is 1. The van der Waals surface area contributed by atoms with E-state index in [9.17, 15) is 14.4 Å². The molecule has 0 spiro atoms. The van der Waals surface area contributed by atoms with Gasteiger partial charge in [-0.3, -0.25) is 19.4 Å². The van der Waals surface area contributed by atoms with Crippen LogP contribution in [-0.4, -0.2) is 28.4 Å². The van der Waals surface area contributed by atoms with E-state index in [-0.39, 0.29) is 18.0 Å². The highest BCUT2D eigenvalue weighted by atomic mass is 35.5. The van der Waals surface area contributed by atoms with E-state index in [4.69, 9.17) is 16.3 Å². The number of nitrogens with one attached hydrogen (secondary N) is 1. The first-order valence-electron chi connectivity index (χ1n) is 9.68. The fourth-order valence-electron chi connectivity index (χ4n) is 3.36. The maximum absolute atomic E-state index is 13.1. The van der Waals surface area contributed by atoms with Crippen LogP contribution < -0.4 is 15.5 Å². The number of halogens is 1. The lowest BCUT2D eigenvalue weighted by atomic mass is 10.0. The number of benzene rings is 2. The van der Waals surface area contributed by atoms with Gasteiger partial charge in [0.2, 0.25) is 11.3 Å². The second kappa shape index (κ2) is 9.03. The minimum atomic E-state index is -0.449. The lowest BCUT2D eigenvalue weighted by molar-refractivity contribution is -0.116. The molecule has 0 aliphatic rings. The second-order valence-corrected chi connectivity index (χ2v) is 7.38. The molecule has 0 unspecified atom stereocenters. The van der Waals surface area contributed by atoms with E-state index in [1.165, 1.54) is 37.8 Å². The first-order chi connectivity index (χ1) is 15.5. The molecular formula is C24H18ClN3O4. The molecule has 0 radical (unpaired) electrons. The number of fused-ring (bicyclic) bond motifs is 1. The normalized spacial score (nSPS) is 10.7. The number of ether oxygens (including phenoxy) is 1. The highest BCUT2D eigenvalue weighted by molar-refractivity contribution is 6.33. The van der Waals surface area contributed by atoms with Crippen molar-refractivity contribution in [2.45, 2.75) is 6.54 Å². The third-order valence-corrected chi connectivity index (χ3v) is 5.27. The van der Waals surface area contributed by atoms with Gasteiger partial charge < -0.3 is 14.6 Å². The van der Waals surface area contributed by atoms with Gasteiger partial charge in [0.1, 0.15) is 12.3 Å². The molecule has 0 aliphatic carbocycles. The van der Waals surface area contributed by atoms with Crippen LogP contribution in [-0.2, 0) is 11.3 Å². The SMILES string of the molecule is COc1ccc2c(=O)c(C(=O)c3ccncc3)cn(CC(=O)Nc3ccccc3Cl)c2c1. The van der Waals surface area contributed by atoms with Crippen molar-refractivity contribution in [3.63, 3.8) is 0 Å². The minimum Gasteiger partial charge on any atom is -0.497 e. The van der Waals surface area contributed by atoms with E-state index in [0.29, 0.717) is 32.9 Å². The van der Waals surface area contributed by atoms with Crippen molar-refractivity contribution >= 4 is 39.9 Å². The average Bonchev–Trinajstić information content (AvgIpc) is 2.82. The van der Waals surface area contributed by atoms with Crippen molar-refractivity contribution in [2.75, 3.05) is 12.4 Å². The van der Waals surface area contributed by atoms with Crippen molar-refractivity contribution < 1.29 is 14.3 Å². The van der Waals surface area contributed by atoms with Gasteiger partial charge in [0.15, 0.2) is 5.78 Å². The number of pyridine rings is 2. The Labute approximate surface area is 188 Å². The zero-order chi connectivity index (χ0) is 22.7. The molecule has 2 heterocycles. The Morgan fingerprint density at radius 3 is 2.56 bits per heavy atom. The van der Waals surface area contributed by atoms with Crippen LogP contribution in [0.4, 0.5) is 5.69 Å². The maximum Gasteiger partial charge on any atom is 0.244 e. The molecule has 1 N–H and O–H groups in total. The molecule has 4 aromatic rings. The van der Waals surface area contributed by atoms with Gasteiger partial charge in [0.05, 0.1) is 28.9 Å². The van der Waals surface area contributed by atoms with Crippen LogP contribution in [0.3, 0.4) is 0 Å². The van der Waals surface area contributed by atoms with Crippen molar-refractivity contribution in [1.29, 1.82) is 0 Å². The zero-order valence-electron chi connectivity index (χ0n) is 17.0. The smallest absolute Gasteiger partial charge is 0.244 e. The zero-order valence-corrected chi connectivity index (χ0v) is 17.8. The number of para-hydroxylation sites is 1. The quantitative estimate of drug-likeness (QED) is 0.452. The molecule has 0 saturated carbocycles. The van der Waals surface area contributed by atoms with Crippen LogP contribution in [0.5, 0.6) is 5.75 Å². The fraction of sp³-hybridized carbons (Fsp3) is 0.0833. The van der Waals surface area contributed by atoms with Gasteiger partial charge >= 0.3 is 0 Å². The molecule has 0 atom stereocenters. The van der Waals surface area contributed by atoms with E-state index in [0.717, 1.165) is 0 Å². The number of aromatic nitrogens is 2. The maximum atomic E-state index is 13.1. The third kappa shape index (κ3) is 4.24. The molecule has 4 rings (SSSR count). The first-order valence-corrected chi connectivity index (χ1v) is 10.1. The molecule has 0 bridgehead atoms. The average molecular weight is 448 g/mol. The number of anilines is 1. The summed E-state index contributed by atoms with van der Waals surface area (Å²) < 4.78 is 6.83. The molecular weight excluding hydrogens is 430 g/mol. The Morgan fingerprint density at radius 2 is 1.84 bits per heavy atom. The molecule has 2 aromatic carbocycles. The van der Waals surface area contributed by atoms with Crippen LogP contribution in [0.1, 0.15) is 15.9 Å². The summed E-state index contributed by atoms with van der Waals surface area (Å²) in [6, 6.07) is 14.8. The number of hydrogen-bond acceptors (Lipinski definition) is 5. The molecule has 7 nitrogen and oxygen atoms in total. The predicted molar refractivity (Wildman–Crippen MR) is 123 cm³/mol. The van der Waals surface area contributed by atoms with Crippen LogP contribution in [0.25, 0.3) is 10.9 Å². The number of methoxy groups -OCH3 is 1. The largest absolute Gasteiger partial charge is 0.497 e. The number of ketones is 1. The van der Waals surface area contributed by atoms with Gasteiger partial charge in [-0.1, -0.05) is 23.7 Å². The summed E-state index contributed by atoms with van der Waals surface area (Å²) in [6.07, 6.45) is 4.36. The third-order valence-electron chi connectivity index (χ3n) is 4.94. The summed E-state index contributed by atoms with van der Waals surface area (Å²) in [4.78, 5) is 42.8. The molecule has 2 aromatic heterocycles. The van der Waals surface area contributed by atoms with Crippen molar-refractivity contribution in [2.24, 2.45) is 0 Å². The first kappa shape index (κ1) is 21.3. The number of carbonyl (C=O) groups excluding carboxylic acids is 2. The standard InChI is InChI=1S/C24H18ClN3O4/c1-32-16-6-7-17-21(12-16)28(14-22(29)27-20-5-3-2-4-19(20)25)13-18(24(17)31)23(30)15-8-10-26-11-9-15/h2-13H,14H2,1H3,(H,27,29). The predicted octanol–water partition coefficient (Wildman–Crippen LogP) is 3.93. The van der Waals surface area contributed by atoms with E-state index in [2.05, 4.69) is 10.3 Å². The Balaban J connectivity index is 1.79. The molecule has 160 valence electrons. The summed E-state index contributed by atoms with van der Waals surface area (Å²) >= 11 is 6.13. The number of nitrogens with zero attached hydrogens (tertiary/aromatic N) is 2. The van der Waals surface area contributed by atoms with Crippen LogP contribution >= 0.6 is 11.6 Å². The lowest BCUT2D eigenvalue weighted by Gasteiger charge is -2.15. The second-order valence-electron chi connectivity index (χ2n) is 6.98. The lowest BCUT2D eigenvalue weighted by Crippen LogP contribution is -2.24. The van der Waals surface area contributed by atoms with E-state index in [1.54, 1.807) is 47.0 Å². The number of rotatable bonds is 6. The fourth-order valence-corrected chi connectivity index (χ4v) is 3.54. The summed E-state index contributed by atoms with van der Waals surface area (Å²) in [7, 11) is 1.51. The van der Waals surface area contributed by atoms with Gasteiger partial charge in [-0.15, -0.1) is 0 Å². The molecule has 0 fully saturated rings. The van der Waals surface area contributed by atoms with Crippen LogP contribution in [0.2, 0.25) is 5.02 Å². The molecule has 0 saturated heterocycles.